The molecule has 0 spiro atoms. The second kappa shape index (κ2) is 4.96. The van der Waals surface area contributed by atoms with Gasteiger partial charge < -0.3 is 16.2 Å². The van der Waals surface area contributed by atoms with E-state index in [4.69, 9.17) is 16.2 Å². The van der Waals surface area contributed by atoms with Crippen molar-refractivity contribution in [3.63, 3.8) is 0 Å². The lowest BCUT2D eigenvalue weighted by Crippen LogP contribution is -2.06. The van der Waals surface area contributed by atoms with Crippen LogP contribution in [0.2, 0.25) is 0 Å². The summed E-state index contributed by atoms with van der Waals surface area (Å²) in [7, 11) is 1.34. The first-order chi connectivity index (χ1) is 9.43. The summed E-state index contributed by atoms with van der Waals surface area (Å²) in [5, 5.41) is 10.8. The van der Waals surface area contributed by atoms with E-state index in [9.17, 15) is 14.5 Å². The van der Waals surface area contributed by atoms with Crippen LogP contribution >= 0.6 is 0 Å². The van der Waals surface area contributed by atoms with Crippen LogP contribution in [0.3, 0.4) is 0 Å². The Morgan fingerprint density at radius 2 is 2.05 bits per heavy atom. The molecule has 104 valence electrons. The Hall–Kier alpha value is -2.97. The number of benzene rings is 1. The van der Waals surface area contributed by atoms with E-state index in [-0.39, 0.29) is 28.6 Å². The monoisotopic (exact) mass is 279 g/mol. The van der Waals surface area contributed by atoms with Gasteiger partial charge in [0.1, 0.15) is 11.4 Å². The molecule has 0 aliphatic heterocycles. The molecule has 9 heteroatoms. The van der Waals surface area contributed by atoms with E-state index in [1.54, 1.807) is 0 Å². The molecule has 4 N–H and O–H groups in total. The smallest absolute Gasteiger partial charge is 0.270 e. The van der Waals surface area contributed by atoms with E-state index in [0.29, 0.717) is 0 Å². The third-order valence-corrected chi connectivity index (χ3v) is 2.54. The van der Waals surface area contributed by atoms with E-state index in [2.05, 4.69) is 9.97 Å². The predicted octanol–water partition coefficient (Wildman–Crippen LogP) is 1.36. The molecule has 2 rings (SSSR count). The zero-order valence-corrected chi connectivity index (χ0v) is 10.3. The van der Waals surface area contributed by atoms with Gasteiger partial charge in [-0.2, -0.15) is 4.98 Å². The summed E-state index contributed by atoms with van der Waals surface area (Å²) in [6.07, 6.45) is 0. The van der Waals surface area contributed by atoms with Gasteiger partial charge in [-0.05, 0) is 6.07 Å². The van der Waals surface area contributed by atoms with Crippen molar-refractivity contribution in [2.75, 3.05) is 18.6 Å². The molecule has 1 aromatic carbocycles. The Labute approximate surface area is 112 Å². The summed E-state index contributed by atoms with van der Waals surface area (Å²) in [4.78, 5) is 17.4. The van der Waals surface area contributed by atoms with Crippen LogP contribution in [0.15, 0.2) is 18.2 Å². The third-order valence-electron chi connectivity index (χ3n) is 2.54. The average Bonchev–Trinajstić information content (AvgIpc) is 2.42. The highest BCUT2D eigenvalue weighted by molar-refractivity contribution is 5.73. The molecule has 0 amide bonds. The summed E-state index contributed by atoms with van der Waals surface area (Å²) in [5.41, 5.74) is 10.4. The Morgan fingerprint density at radius 1 is 1.35 bits per heavy atom. The van der Waals surface area contributed by atoms with Gasteiger partial charge in [-0.3, -0.25) is 10.1 Å². The molecule has 0 atom stereocenters. The standard InChI is InChI=1S/C11H10FN5O3/c1-20-7-3-2-5(17(18)19)4-6(7)9-8(12)10(13)16-11(14)15-9/h2-4H,1H3,(H4,13,14,15,16). The number of non-ortho nitro benzene ring substituents is 1. The number of nitrogens with zero attached hydrogens (tertiary/aromatic N) is 3. The number of nitrogens with two attached hydrogens (primary N) is 2. The van der Waals surface area contributed by atoms with Crippen LogP contribution in [0, 0.1) is 15.9 Å². The number of nitro benzene ring substituents is 1. The van der Waals surface area contributed by atoms with Gasteiger partial charge in [-0.15, -0.1) is 0 Å². The number of nitro groups is 1. The summed E-state index contributed by atoms with van der Waals surface area (Å²) in [6, 6.07) is 3.69. The number of halogens is 1. The Morgan fingerprint density at radius 3 is 2.65 bits per heavy atom. The minimum absolute atomic E-state index is 0.0694. The van der Waals surface area contributed by atoms with Gasteiger partial charge in [-0.1, -0.05) is 0 Å². The van der Waals surface area contributed by atoms with Crippen molar-refractivity contribution in [2.24, 2.45) is 0 Å². The topological polar surface area (TPSA) is 130 Å². The first-order valence-electron chi connectivity index (χ1n) is 5.35. The third kappa shape index (κ3) is 2.28. The summed E-state index contributed by atoms with van der Waals surface area (Å²) < 4.78 is 19.0. The van der Waals surface area contributed by atoms with Gasteiger partial charge in [0.25, 0.3) is 5.69 Å². The zero-order valence-electron chi connectivity index (χ0n) is 10.3. The largest absolute Gasteiger partial charge is 0.496 e. The number of rotatable bonds is 3. The molecule has 20 heavy (non-hydrogen) atoms. The minimum Gasteiger partial charge on any atom is -0.496 e. The molecule has 8 nitrogen and oxygen atoms in total. The van der Waals surface area contributed by atoms with E-state index >= 15 is 0 Å². The number of anilines is 2. The fourth-order valence-electron chi connectivity index (χ4n) is 1.66. The molecular formula is C11H10FN5O3. The molecule has 0 saturated heterocycles. The van der Waals surface area contributed by atoms with Crippen molar-refractivity contribution in [2.45, 2.75) is 0 Å². The molecule has 0 aliphatic carbocycles. The van der Waals surface area contributed by atoms with E-state index in [1.165, 1.54) is 19.2 Å². The second-order valence-corrected chi connectivity index (χ2v) is 3.77. The number of aromatic nitrogens is 2. The van der Waals surface area contributed by atoms with Crippen molar-refractivity contribution in [3.8, 4) is 17.0 Å². The summed E-state index contributed by atoms with van der Waals surface area (Å²) in [6.45, 7) is 0. The van der Waals surface area contributed by atoms with Gasteiger partial charge in [0.05, 0.1) is 17.6 Å². The van der Waals surface area contributed by atoms with Crippen molar-refractivity contribution in [3.05, 3.63) is 34.1 Å². The molecule has 0 aliphatic rings. The number of ether oxygens (including phenoxy) is 1. The zero-order chi connectivity index (χ0) is 14.9. The number of nitrogen functional groups attached to an aromatic ring is 2. The molecule has 2 aromatic rings. The number of hydrogen-bond donors (Lipinski definition) is 2. The lowest BCUT2D eigenvalue weighted by atomic mass is 10.1. The molecule has 0 radical (unpaired) electrons. The first-order valence-corrected chi connectivity index (χ1v) is 5.35. The summed E-state index contributed by atoms with van der Waals surface area (Å²) >= 11 is 0. The predicted molar refractivity (Wildman–Crippen MR) is 69.5 cm³/mol. The Kier molecular flexibility index (Phi) is 3.34. The molecule has 1 heterocycles. The van der Waals surface area contributed by atoms with E-state index < -0.39 is 16.6 Å². The number of hydrogen-bond acceptors (Lipinski definition) is 7. The van der Waals surface area contributed by atoms with Crippen molar-refractivity contribution >= 4 is 17.5 Å². The van der Waals surface area contributed by atoms with Gasteiger partial charge in [-0.25, -0.2) is 9.37 Å². The average molecular weight is 279 g/mol. The highest BCUT2D eigenvalue weighted by Crippen LogP contribution is 2.34. The Balaban J connectivity index is 2.73. The molecule has 0 unspecified atom stereocenters. The number of methoxy groups -OCH3 is 1. The normalized spacial score (nSPS) is 10.3. The molecule has 0 bridgehead atoms. The van der Waals surface area contributed by atoms with Crippen molar-refractivity contribution in [1.29, 1.82) is 0 Å². The molecule has 1 aromatic heterocycles. The highest BCUT2D eigenvalue weighted by Gasteiger charge is 2.20. The van der Waals surface area contributed by atoms with E-state index in [0.717, 1.165) is 6.07 Å². The van der Waals surface area contributed by atoms with Crippen LogP contribution in [0.5, 0.6) is 5.75 Å². The Bertz CT molecular complexity index is 692. The molecular weight excluding hydrogens is 269 g/mol. The maximum atomic E-state index is 14.0. The van der Waals surface area contributed by atoms with E-state index in [1.807, 2.05) is 0 Å². The van der Waals surface area contributed by atoms with Crippen LogP contribution in [-0.2, 0) is 0 Å². The second-order valence-electron chi connectivity index (χ2n) is 3.77. The van der Waals surface area contributed by atoms with Crippen molar-refractivity contribution < 1.29 is 14.1 Å². The summed E-state index contributed by atoms with van der Waals surface area (Å²) in [5.74, 6) is -1.40. The minimum atomic E-state index is -0.919. The van der Waals surface area contributed by atoms with Crippen molar-refractivity contribution in [1.82, 2.24) is 9.97 Å². The van der Waals surface area contributed by atoms with Gasteiger partial charge in [0, 0.05) is 12.1 Å². The SMILES string of the molecule is COc1ccc([N+](=O)[O-])cc1-c1nc(N)nc(N)c1F. The van der Waals surface area contributed by atoms with Crippen LogP contribution < -0.4 is 16.2 Å². The molecule has 0 saturated carbocycles. The quantitative estimate of drug-likeness (QED) is 0.640. The van der Waals surface area contributed by atoms with Gasteiger partial charge in [0.2, 0.25) is 5.95 Å². The lowest BCUT2D eigenvalue weighted by molar-refractivity contribution is -0.384. The first kappa shape index (κ1) is 13.5. The highest BCUT2D eigenvalue weighted by atomic mass is 19.1. The van der Waals surface area contributed by atoms with Gasteiger partial charge >= 0.3 is 0 Å². The van der Waals surface area contributed by atoms with Crippen LogP contribution in [0.4, 0.5) is 21.8 Å². The van der Waals surface area contributed by atoms with Crippen LogP contribution in [0.25, 0.3) is 11.3 Å². The van der Waals surface area contributed by atoms with Gasteiger partial charge in [0.15, 0.2) is 11.6 Å². The van der Waals surface area contributed by atoms with Crippen LogP contribution in [-0.4, -0.2) is 22.0 Å². The van der Waals surface area contributed by atoms with Crippen LogP contribution in [0.1, 0.15) is 0 Å². The fourth-order valence-corrected chi connectivity index (χ4v) is 1.66. The maximum Gasteiger partial charge on any atom is 0.270 e. The fraction of sp³-hybridized carbons (Fsp3) is 0.0909. The maximum absolute atomic E-state index is 14.0. The lowest BCUT2D eigenvalue weighted by Gasteiger charge is -2.09. The molecule has 0 fully saturated rings.